The first-order chi connectivity index (χ1) is 17.6. The first-order valence-corrected chi connectivity index (χ1v) is 14.7. The molecule has 0 aliphatic heterocycles. The van der Waals surface area contributed by atoms with Crippen LogP contribution in [0.25, 0.3) is 22.2 Å². The number of aromatic nitrogens is 2. The molecule has 1 aromatic carbocycles. The number of sulfonamides is 1. The maximum atomic E-state index is 13.1. The summed E-state index contributed by atoms with van der Waals surface area (Å²) in [7, 11) is -4.11. The van der Waals surface area contributed by atoms with Crippen LogP contribution in [-0.4, -0.2) is 29.1 Å². The number of hydrogen-bond acceptors (Lipinski definition) is 6. The molecule has 0 atom stereocenters. The summed E-state index contributed by atoms with van der Waals surface area (Å²) in [6.07, 6.45) is 8.86. The van der Waals surface area contributed by atoms with E-state index in [1.54, 1.807) is 25.4 Å². The zero-order valence-corrected chi connectivity index (χ0v) is 22.2. The number of nitrogens with one attached hydrogen (secondary N) is 2. The lowest BCUT2D eigenvalue weighted by Crippen LogP contribution is -2.34. The van der Waals surface area contributed by atoms with E-state index in [-0.39, 0.29) is 4.21 Å². The van der Waals surface area contributed by atoms with Crippen LogP contribution >= 0.6 is 11.3 Å². The highest BCUT2D eigenvalue weighted by molar-refractivity contribution is 7.92. The molecule has 2 amide bonds. The lowest BCUT2D eigenvalue weighted by atomic mass is 9.96. The van der Waals surface area contributed by atoms with Crippen LogP contribution in [0.5, 0.6) is 0 Å². The fourth-order valence-corrected chi connectivity index (χ4v) is 7.31. The van der Waals surface area contributed by atoms with Crippen molar-refractivity contribution in [1.82, 2.24) is 14.3 Å². The summed E-state index contributed by atoms with van der Waals surface area (Å²) < 4.78 is 30.2. The number of benzene rings is 1. The number of carbonyl (C=O) groups is 1. The summed E-state index contributed by atoms with van der Waals surface area (Å²) in [5, 5.41) is 15.6. The molecule has 4 aromatic rings. The molecule has 8 nitrogen and oxygen atoms in total. The number of hydrogen-bond donors (Lipinski definition) is 3. The Labute approximate surface area is 219 Å². The molecule has 3 N–H and O–H groups in total. The van der Waals surface area contributed by atoms with Gasteiger partial charge in [-0.2, -0.15) is 0 Å². The van der Waals surface area contributed by atoms with Crippen molar-refractivity contribution in [2.75, 3.05) is 5.32 Å². The summed E-state index contributed by atoms with van der Waals surface area (Å²) in [4.78, 5) is 17.7. The molecule has 192 valence electrons. The van der Waals surface area contributed by atoms with Gasteiger partial charge in [0.1, 0.15) is 9.86 Å². The van der Waals surface area contributed by atoms with Crippen molar-refractivity contribution in [3.63, 3.8) is 0 Å². The van der Waals surface area contributed by atoms with Crippen LogP contribution in [0, 0.1) is 0 Å². The lowest BCUT2D eigenvalue weighted by molar-refractivity contribution is 0.0789. The van der Waals surface area contributed by atoms with Crippen LogP contribution in [0.1, 0.15) is 55.8 Å². The molecule has 0 unspecified atom stereocenters. The summed E-state index contributed by atoms with van der Waals surface area (Å²) in [6, 6.07) is 9.18. The topological polar surface area (TPSA) is 113 Å². The molecule has 3 heterocycles. The fourth-order valence-electron chi connectivity index (χ4n) is 5.06. The number of thiophene rings is 1. The van der Waals surface area contributed by atoms with E-state index in [1.807, 2.05) is 12.1 Å². The smallest absolute Gasteiger partial charge is 0.333 e. The maximum Gasteiger partial charge on any atom is 0.333 e. The number of carbonyl (C=O) groups excluding carboxylic acids is 1. The summed E-state index contributed by atoms with van der Waals surface area (Å²) in [5.41, 5.74) is 4.84. The first kappa shape index (κ1) is 24.1. The standard InChI is InChI=1S/C27H28N4O4S2/c1-27(2,33)17-14-23(36-15-17)37(34,35)30-26(32)29-24-19-5-3-4-16(19)6-9-21(24)20-10-12-28-25-22(20)11-13-31(25)18-7-8-18/h6,9-15,18,33H,3-5,7-8H2,1-2H3,(H2,29,30,32). The van der Waals surface area contributed by atoms with Crippen molar-refractivity contribution < 1.29 is 18.3 Å². The number of fused-ring (bicyclic) bond motifs is 2. The van der Waals surface area contributed by atoms with E-state index in [0.717, 1.165) is 76.7 Å². The van der Waals surface area contributed by atoms with Crippen LogP contribution in [-0.2, 0) is 28.5 Å². The summed E-state index contributed by atoms with van der Waals surface area (Å²) in [5.74, 6) is 0. The molecule has 2 aliphatic rings. The molecule has 1 saturated carbocycles. The molecule has 0 bridgehead atoms. The van der Waals surface area contributed by atoms with E-state index < -0.39 is 21.7 Å². The minimum Gasteiger partial charge on any atom is -0.386 e. The molecule has 1 fully saturated rings. The highest BCUT2D eigenvalue weighted by atomic mass is 32.2. The summed E-state index contributed by atoms with van der Waals surface area (Å²) in [6.45, 7) is 3.16. The Morgan fingerprint density at radius 1 is 1.16 bits per heavy atom. The van der Waals surface area contributed by atoms with Crippen LogP contribution in [0.4, 0.5) is 10.5 Å². The number of urea groups is 1. The molecule has 0 spiro atoms. The highest BCUT2D eigenvalue weighted by Gasteiger charge is 2.28. The molecule has 0 radical (unpaired) electrons. The van der Waals surface area contributed by atoms with E-state index in [2.05, 4.69) is 37.9 Å². The van der Waals surface area contributed by atoms with Crippen molar-refractivity contribution in [3.8, 4) is 11.1 Å². The van der Waals surface area contributed by atoms with Crippen LogP contribution in [0.3, 0.4) is 0 Å². The Morgan fingerprint density at radius 3 is 2.70 bits per heavy atom. The molecule has 0 saturated heterocycles. The third-order valence-corrected chi connectivity index (χ3v) is 9.91. The van der Waals surface area contributed by atoms with E-state index in [9.17, 15) is 18.3 Å². The predicted octanol–water partition coefficient (Wildman–Crippen LogP) is 5.33. The lowest BCUT2D eigenvalue weighted by Gasteiger charge is -2.17. The van der Waals surface area contributed by atoms with Gasteiger partial charge in [0.2, 0.25) is 0 Å². The van der Waals surface area contributed by atoms with Crippen LogP contribution in [0.2, 0.25) is 0 Å². The third-order valence-electron chi connectivity index (χ3n) is 7.14. The van der Waals surface area contributed by atoms with E-state index >= 15 is 0 Å². The van der Waals surface area contributed by atoms with Gasteiger partial charge in [-0.3, -0.25) is 0 Å². The van der Waals surface area contributed by atoms with Gasteiger partial charge in [0.15, 0.2) is 0 Å². The molecule has 2 aliphatic carbocycles. The zero-order valence-electron chi connectivity index (χ0n) is 20.6. The molecule has 37 heavy (non-hydrogen) atoms. The van der Waals surface area contributed by atoms with Gasteiger partial charge >= 0.3 is 6.03 Å². The molecule has 6 rings (SSSR count). The number of anilines is 1. The molecule has 10 heteroatoms. The summed E-state index contributed by atoms with van der Waals surface area (Å²) >= 11 is 0.963. The average molecular weight is 537 g/mol. The van der Waals surface area contributed by atoms with Gasteiger partial charge in [-0.05, 0) is 91.8 Å². The second-order valence-corrected chi connectivity index (χ2v) is 13.1. The van der Waals surface area contributed by atoms with Crippen molar-refractivity contribution in [3.05, 3.63) is 64.8 Å². The Morgan fingerprint density at radius 2 is 1.97 bits per heavy atom. The van der Waals surface area contributed by atoms with Gasteiger partial charge < -0.3 is 15.0 Å². The number of pyridine rings is 1. The van der Waals surface area contributed by atoms with Gasteiger partial charge in [-0.15, -0.1) is 11.3 Å². The van der Waals surface area contributed by atoms with Crippen LogP contribution in [0.15, 0.2) is 52.3 Å². The Hall–Kier alpha value is -3.21. The number of rotatable bonds is 6. The quantitative estimate of drug-likeness (QED) is 0.308. The minimum absolute atomic E-state index is 0.0319. The van der Waals surface area contributed by atoms with Crippen molar-refractivity contribution in [1.29, 1.82) is 0 Å². The first-order valence-electron chi connectivity index (χ1n) is 12.4. The second-order valence-electron chi connectivity index (χ2n) is 10.3. The average Bonchev–Trinajstić information content (AvgIpc) is 3.25. The van der Waals surface area contributed by atoms with Crippen molar-refractivity contribution >= 4 is 44.1 Å². The van der Waals surface area contributed by atoms with E-state index in [1.165, 1.54) is 6.07 Å². The number of amides is 2. The zero-order chi connectivity index (χ0) is 25.9. The Kier molecular flexibility index (Phi) is 5.66. The Bertz CT molecular complexity index is 1640. The van der Waals surface area contributed by atoms with Gasteiger partial charge in [-0.1, -0.05) is 12.1 Å². The van der Waals surface area contributed by atoms with E-state index in [4.69, 9.17) is 0 Å². The second kappa shape index (κ2) is 8.68. The Balaban J connectivity index is 1.35. The number of aliphatic hydroxyl groups is 1. The predicted molar refractivity (Wildman–Crippen MR) is 144 cm³/mol. The number of nitrogens with zero attached hydrogens (tertiary/aromatic N) is 2. The maximum absolute atomic E-state index is 13.1. The van der Waals surface area contributed by atoms with E-state index in [0.29, 0.717) is 17.3 Å². The largest absolute Gasteiger partial charge is 0.386 e. The number of aryl methyl sites for hydroxylation is 1. The minimum atomic E-state index is -4.11. The highest BCUT2D eigenvalue weighted by Crippen LogP contribution is 2.42. The molecular formula is C27H28N4O4S2. The monoisotopic (exact) mass is 536 g/mol. The van der Waals surface area contributed by atoms with Crippen molar-refractivity contribution in [2.45, 2.75) is 61.8 Å². The normalized spacial score (nSPS) is 15.6. The third kappa shape index (κ3) is 4.43. The SMILES string of the molecule is CC(C)(O)c1csc(S(=O)(=O)NC(=O)Nc2c(-c3ccnc4c3ccn4C3CC3)ccc3c2CCC3)c1. The fraction of sp³-hybridized carbons (Fsp3) is 0.333. The van der Waals surface area contributed by atoms with Gasteiger partial charge in [-0.25, -0.2) is 22.9 Å². The van der Waals surface area contributed by atoms with Gasteiger partial charge in [0.25, 0.3) is 10.0 Å². The molecule has 3 aromatic heterocycles. The van der Waals surface area contributed by atoms with Gasteiger partial charge in [0, 0.05) is 29.4 Å². The molecular weight excluding hydrogens is 508 g/mol. The van der Waals surface area contributed by atoms with Crippen LogP contribution < -0.4 is 10.0 Å². The van der Waals surface area contributed by atoms with Crippen molar-refractivity contribution in [2.24, 2.45) is 0 Å². The van der Waals surface area contributed by atoms with Gasteiger partial charge in [0.05, 0.1) is 11.3 Å².